The van der Waals surface area contributed by atoms with Crippen LogP contribution >= 0.6 is 11.3 Å². The summed E-state index contributed by atoms with van der Waals surface area (Å²) in [7, 11) is 1.69. The van der Waals surface area contributed by atoms with E-state index in [4.69, 9.17) is 9.47 Å². The van der Waals surface area contributed by atoms with Gasteiger partial charge in [0.15, 0.2) is 0 Å². The first-order valence-corrected chi connectivity index (χ1v) is 11.4. The van der Waals surface area contributed by atoms with Crippen molar-refractivity contribution in [1.82, 2.24) is 10.2 Å². The van der Waals surface area contributed by atoms with Crippen LogP contribution in [0.5, 0.6) is 5.75 Å². The Balaban J connectivity index is 1.53. The fraction of sp³-hybridized carbons (Fsp3) is 0.522. The summed E-state index contributed by atoms with van der Waals surface area (Å²) >= 11 is 1.71. The lowest BCUT2D eigenvalue weighted by Crippen LogP contribution is -2.47. The first-order valence-electron chi connectivity index (χ1n) is 10.5. The van der Waals surface area contributed by atoms with Crippen molar-refractivity contribution in [3.8, 4) is 5.75 Å². The second kappa shape index (κ2) is 9.28. The number of hydrogen-bond donors (Lipinski definition) is 1. The molecule has 4 rings (SSSR count). The minimum Gasteiger partial charge on any atom is -0.497 e. The maximum Gasteiger partial charge on any atom is 0.231 e. The van der Waals surface area contributed by atoms with Gasteiger partial charge in [0, 0.05) is 24.5 Å². The molecule has 1 saturated heterocycles. The highest BCUT2D eigenvalue weighted by Gasteiger charge is 2.43. The molecule has 1 atom stereocenters. The molecular formula is C23H30N2O3S. The van der Waals surface area contributed by atoms with E-state index in [0.717, 1.165) is 57.7 Å². The van der Waals surface area contributed by atoms with Crippen molar-refractivity contribution in [3.05, 3.63) is 52.2 Å². The van der Waals surface area contributed by atoms with Gasteiger partial charge in [-0.2, -0.15) is 0 Å². The Morgan fingerprint density at radius 1 is 1.24 bits per heavy atom. The predicted octanol–water partition coefficient (Wildman–Crippen LogP) is 3.76. The molecule has 0 spiro atoms. The lowest BCUT2D eigenvalue weighted by atomic mass is 9.83. The Bertz CT molecular complexity index is 796. The summed E-state index contributed by atoms with van der Waals surface area (Å²) in [5.74, 6) is 1.02. The third-order valence-corrected chi connectivity index (χ3v) is 7.38. The summed E-state index contributed by atoms with van der Waals surface area (Å²) < 4.78 is 11.0. The summed E-state index contributed by atoms with van der Waals surface area (Å²) in [6.07, 6.45) is 4.13. The number of nitrogens with zero attached hydrogens (tertiary/aromatic N) is 1. The number of carbonyl (C=O) groups is 1. The molecule has 0 unspecified atom stereocenters. The molecule has 1 aromatic heterocycles. The zero-order valence-corrected chi connectivity index (χ0v) is 17.9. The number of morpholine rings is 1. The summed E-state index contributed by atoms with van der Waals surface area (Å²) in [4.78, 5) is 17.0. The number of carbonyl (C=O) groups excluding carboxylic acids is 1. The van der Waals surface area contributed by atoms with E-state index in [-0.39, 0.29) is 17.4 Å². The first-order chi connectivity index (χ1) is 14.2. The lowest BCUT2D eigenvalue weighted by molar-refractivity contribution is -0.126. The number of rotatable bonds is 7. The van der Waals surface area contributed by atoms with Crippen LogP contribution in [0.4, 0.5) is 0 Å². The van der Waals surface area contributed by atoms with Crippen LogP contribution in [0.2, 0.25) is 0 Å². The Hall–Kier alpha value is -1.89. The highest BCUT2D eigenvalue weighted by atomic mass is 32.1. The van der Waals surface area contributed by atoms with E-state index in [0.29, 0.717) is 6.54 Å². The minimum atomic E-state index is -0.349. The fourth-order valence-corrected chi connectivity index (χ4v) is 5.65. The predicted molar refractivity (Wildman–Crippen MR) is 116 cm³/mol. The van der Waals surface area contributed by atoms with Gasteiger partial charge in [0.2, 0.25) is 5.91 Å². The van der Waals surface area contributed by atoms with Crippen LogP contribution in [0, 0.1) is 0 Å². The van der Waals surface area contributed by atoms with Crippen molar-refractivity contribution in [2.24, 2.45) is 0 Å². The quantitative estimate of drug-likeness (QED) is 0.750. The largest absolute Gasteiger partial charge is 0.497 e. The summed E-state index contributed by atoms with van der Waals surface area (Å²) in [5.41, 5.74) is 0.820. The lowest BCUT2D eigenvalue weighted by Gasteiger charge is -2.36. The molecule has 156 valence electrons. The highest BCUT2D eigenvalue weighted by molar-refractivity contribution is 7.10. The molecule has 1 N–H and O–H groups in total. The van der Waals surface area contributed by atoms with Gasteiger partial charge in [-0.3, -0.25) is 9.69 Å². The molecule has 1 aliphatic heterocycles. The fourth-order valence-electron chi connectivity index (χ4n) is 4.67. The molecule has 2 aliphatic rings. The molecule has 0 radical (unpaired) electrons. The van der Waals surface area contributed by atoms with Gasteiger partial charge in [-0.1, -0.05) is 31.0 Å². The molecule has 1 saturated carbocycles. The smallest absolute Gasteiger partial charge is 0.231 e. The SMILES string of the molecule is COc1cccc([C@@H](CNC(=O)C2(c3cccs3)CCCC2)N2CCOCC2)c1. The average Bonchev–Trinajstić information content (AvgIpc) is 3.47. The molecule has 0 bridgehead atoms. The van der Waals surface area contributed by atoms with Crippen molar-refractivity contribution in [1.29, 1.82) is 0 Å². The Kier molecular flexibility index (Phi) is 6.53. The number of methoxy groups -OCH3 is 1. The van der Waals surface area contributed by atoms with E-state index in [1.807, 2.05) is 12.1 Å². The van der Waals surface area contributed by atoms with Crippen molar-refractivity contribution < 1.29 is 14.3 Å². The summed E-state index contributed by atoms with van der Waals surface area (Å²) in [5, 5.41) is 5.41. The monoisotopic (exact) mass is 414 g/mol. The van der Waals surface area contributed by atoms with Gasteiger partial charge in [0.1, 0.15) is 5.75 Å². The molecule has 29 heavy (non-hydrogen) atoms. The maximum atomic E-state index is 13.4. The number of benzene rings is 1. The van der Waals surface area contributed by atoms with Gasteiger partial charge >= 0.3 is 0 Å². The van der Waals surface area contributed by atoms with Gasteiger partial charge < -0.3 is 14.8 Å². The Labute approximate surface area is 177 Å². The zero-order chi connectivity index (χ0) is 20.1. The molecular weight excluding hydrogens is 384 g/mol. The molecule has 1 aromatic carbocycles. The summed E-state index contributed by atoms with van der Waals surface area (Å²) in [6.45, 7) is 3.79. The Morgan fingerprint density at radius 2 is 2.03 bits per heavy atom. The molecule has 6 heteroatoms. The second-order valence-electron chi connectivity index (χ2n) is 7.92. The summed E-state index contributed by atoms with van der Waals surface area (Å²) in [6, 6.07) is 12.5. The number of hydrogen-bond acceptors (Lipinski definition) is 5. The van der Waals surface area contributed by atoms with Crippen LogP contribution < -0.4 is 10.1 Å². The van der Waals surface area contributed by atoms with Gasteiger partial charge in [-0.25, -0.2) is 0 Å². The van der Waals surface area contributed by atoms with Gasteiger partial charge in [0.05, 0.1) is 31.8 Å². The first kappa shape index (κ1) is 20.4. The van der Waals surface area contributed by atoms with Gasteiger partial charge in [-0.05, 0) is 42.0 Å². The maximum absolute atomic E-state index is 13.4. The van der Waals surface area contributed by atoms with Crippen LogP contribution in [0.1, 0.15) is 42.2 Å². The standard InChI is InChI=1S/C23H30N2O3S/c1-27-19-7-4-6-18(16-19)20(25-11-13-28-14-12-25)17-24-22(26)23(9-2-3-10-23)21-8-5-15-29-21/h4-8,15-16,20H,2-3,9-14,17H2,1H3,(H,24,26)/t20-/m1/s1. The molecule has 2 aromatic rings. The van der Waals surface area contributed by atoms with Crippen LogP contribution in [0.15, 0.2) is 41.8 Å². The van der Waals surface area contributed by atoms with E-state index in [1.54, 1.807) is 18.4 Å². The van der Waals surface area contributed by atoms with E-state index in [9.17, 15) is 4.79 Å². The second-order valence-corrected chi connectivity index (χ2v) is 8.86. The third-order valence-electron chi connectivity index (χ3n) is 6.31. The highest BCUT2D eigenvalue weighted by Crippen LogP contribution is 2.43. The van der Waals surface area contributed by atoms with Crippen LogP contribution in [-0.2, 0) is 14.9 Å². The topological polar surface area (TPSA) is 50.8 Å². The van der Waals surface area contributed by atoms with Gasteiger partial charge in [0.25, 0.3) is 0 Å². The van der Waals surface area contributed by atoms with Crippen molar-refractivity contribution >= 4 is 17.2 Å². The molecule has 2 fully saturated rings. The number of amides is 1. The number of thiophene rings is 1. The zero-order valence-electron chi connectivity index (χ0n) is 17.1. The average molecular weight is 415 g/mol. The molecule has 1 amide bonds. The van der Waals surface area contributed by atoms with E-state index in [2.05, 4.69) is 39.9 Å². The molecule has 2 heterocycles. The molecule has 5 nitrogen and oxygen atoms in total. The van der Waals surface area contributed by atoms with Crippen LogP contribution in [0.25, 0.3) is 0 Å². The van der Waals surface area contributed by atoms with E-state index >= 15 is 0 Å². The van der Waals surface area contributed by atoms with Crippen LogP contribution in [-0.4, -0.2) is 50.8 Å². The van der Waals surface area contributed by atoms with Crippen molar-refractivity contribution in [2.45, 2.75) is 37.1 Å². The number of ether oxygens (including phenoxy) is 2. The van der Waals surface area contributed by atoms with Crippen LogP contribution in [0.3, 0.4) is 0 Å². The van der Waals surface area contributed by atoms with Gasteiger partial charge in [-0.15, -0.1) is 11.3 Å². The third kappa shape index (κ3) is 4.34. The van der Waals surface area contributed by atoms with Crippen molar-refractivity contribution in [2.75, 3.05) is 40.0 Å². The number of nitrogens with one attached hydrogen (secondary N) is 1. The van der Waals surface area contributed by atoms with Crippen molar-refractivity contribution in [3.63, 3.8) is 0 Å². The molecule has 1 aliphatic carbocycles. The normalized spacial score (nSPS) is 20.3. The minimum absolute atomic E-state index is 0.111. The Morgan fingerprint density at radius 3 is 2.72 bits per heavy atom. The van der Waals surface area contributed by atoms with E-state index < -0.39 is 0 Å². The van der Waals surface area contributed by atoms with E-state index in [1.165, 1.54) is 10.4 Å².